The molecule has 8 heteroatoms. The van der Waals surface area contributed by atoms with Crippen molar-refractivity contribution in [1.29, 1.82) is 0 Å². The van der Waals surface area contributed by atoms with Crippen LogP contribution in [0, 0.1) is 15.9 Å². The van der Waals surface area contributed by atoms with Crippen molar-refractivity contribution in [2.45, 2.75) is 0 Å². The van der Waals surface area contributed by atoms with E-state index >= 15 is 0 Å². The molecular weight excluding hydrogens is 333 g/mol. The summed E-state index contributed by atoms with van der Waals surface area (Å²) in [6, 6.07) is 8.18. The van der Waals surface area contributed by atoms with E-state index in [-0.39, 0.29) is 22.9 Å². The maximum Gasteiger partial charge on any atom is 0.335 e. The zero-order chi connectivity index (χ0) is 14.7. The molecule has 20 heavy (non-hydrogen) atoms. The predicted molar refractivity (Wildman–Crippen MR) is 75.1 cm³/mol. The van der Waals surface area contributed by atoms with Gasteiger partial charge >= 0.3 is 5.69 Å². The molecule has 0 fully saturated rings. The first-order valence-electron chi connectivity index (χ1n) is 5.40. The summed E-state index contributed by atoms with van der Waals surface area (Å²) in [4.78, 5) is 10.5. The maximum absolute atomic E-state index is 13.0. The number of nitrogens with two attached hydrogens (primary N) is 1. The minimum atomic E-state index is -0.609. The standard InChI is InChI=1S/C12H9BrFN3O3/c13-8-6-7(14)4-5-10(8)20-11-3-1-2-9(16-15)12(11)17(18)19/h1-6,16H,15H2. The average molecular weight is 342 g/mol. The minimum absolute atomic E-state index is 0.00208. The van der Waals surface area contributed by atoms with Crippen molar-refractivity contribution in [3.05, 3.63) is 56.8 Å². The number of nitro groups is 1. The predicted octanol–water partition coefficient (Wildman–Crippen LogP) is 3.57. The Morgan fingerprint density at radius 1 is 1.30 bits per heavy atom. The average Bonchev–Trinajstić information content (AvgIpc) is 2.41. The number of nitrogens with zero attached hydrogens (tertiary/aromatic N) is 1. The van der Waals surface area contributed by atoms with Crippen LogP contribution in [0.1, 0.15) is 0 Å². The third-order valence-electron chi connectivity index (χ3n) is 2.45. The molecule has 0 heterocycles. The van der Waals surface area contributed by atoms with Gasteiger partial charge in [-0.25, -0.2) is 4.39 Å². The summed E-state index contributed by atoms with van der Waals surface area (Å²) in [5.41, 5.74) is 2.05. The molecule has 0 saturated heterocycles. The molecule has 3 N–H and O–H groups in total. The first-order chi connectivity index (χ1) is 9.52. The fraction of sp³-hybridized carbons (Fsp3) is 0. The van der Waals surface area contributed by atoms with Gasteiger partial charge in [-0.1, -0.05) is 6.07 Å². The van der Waals surface area contributed by atoms with E-state index in [9.17, 15) is 14.5 Å². The molecular formula is C12H9BrFN3O3. The number of nitrogen functional groups attached to an aromatic ring is 1. The molecule has 0 unspecified atom stereocenters. The molecule has 6 nitrogen and oxygen atoms in total. The van der Waals surface area contributed by atoms with Crippen LogP contribution in [0.3, 0.4) is 0 Å². The molecule has 0 aliphatic rings. The van der Waals surface area contributed by atoms with Gasteiger partial charge in [0.15, 0.2) is 0 Å². The summed E-state index contributed by atoms with van der Waals surface area (Å²) in [7, 11) is 0. The summed E-state index contributed by atoms with van der Waals surface area (Å²) >= 11 is 3.13. The van der Waals surface area contributed by atoms with Gasteiger partial charge in [-0.2, -0.15) is 0 Å². The van der Waals surface area contributed by atoms with Crippen molar-refractivity contribution in [3.8, 4) is 11.5 Å². The van der Waals surface area contributed by atoms with Crippen molar-refractivity contribution in [1.82, 2.24) is 0 Å². The Morgan fingerprint density at radius 3 is 2.65 bits per heavy atom. The SMILES string of the molecule is NNc1cccc(Oc2ccc(F)cc2Br)c1[N+](=O)[O-]. The van der Waals surface area contributed by atoms with E-state index in [1.807, 2.05) is 0 Å². The van der Waals surface area contributed by atoms with Crippen molar-refractivity contribution < 1.29 is 14.1 Å². The number of benzene rings is 2. The van der Waals surface area contributed by atoms with E-state index in [4.69, 9.17) is 10.6 Å². The van der Waals surface area contributed by atoms with Crippen molar-refractivity contribution in [2.75, 3.05) is 5.43 Å². The number of nitrogens with one attached hydrogen (secondary N) is 1. The van der Waals surface area contributed by atoms with Crippen LogP contribution in [0.15, 0.2) is 40.9 Å². The third-order valence-corrected chi connectivity index (χ3v) is 3.07. The second-order valence-electron chi connectivity index (χ2n) is 3.73. The molecule has 0 aliphatic heterocycles. The Morgan fingerprint density at radius 2 is 2.05 bits per heavy atom. The highest BCUT2D eigenvalue weighted by molar-refractivity contribution is 9.10. The highest BCUT2D eigenvalue weighted by Gasteiger charge is 2.21. The Kier molecular flexibility index (Phi) is 4.16. The van der Waals surface area contributed by atoms with Gasteiger partial charge in [0, 0.05) is 0 Å². The normalized spacial score (nSPS) is 10.2. The minimum Gasteiger partial charge on any atom is -0.449 e. The lowest BCUT2D eigenvalue weighted by atomic mass is 10.2. The van der Waals surface area contributed by atoms with Crippen molar-refractivity contribution in [2.24, 2.45) is 5.84 Å². The fourth-order valence-electron chi connectivity index (χ4n) is 1.59. The van der Waals surface area contributed by atoms with Crippen molar-refractivity contribution >= 4 is 27.3 Å². The first kappa shape index (κ1) is 14.2. The number of halogens is 2. The molecule has 0 saturated carbocycles. The van der Waals surface area contributed by atoms with Gasteiger partial charge < -0.3 is 10.2 Å². The number of anilines is 1. The zero-order valence-electron chi connectivity index (χ0n) is 9.97. The van der Waals surface area contributed by atoms with Crippen LogP contribution in [-0.2, 0) is 0 Å². The van der Waals surface area contributed by atoms with Gasteiger partial charge in [-0.3, -0.25) is 16.0 Å². The third kappa shape index (κ3) is 2.86. The molecule has 0 aromatic heterocycles. The van der Waals surface area contributed by atoms with Crippen LogP contribution < -0.4 is 16.0 Å². The first-order valence-corrected chi connectivity index (χ1v) is 6.19. The Hall–Kier alpha value is -2.19. The lowest BCUT2D eigenvalue weighted by Gasteiger charge is -2.10. The highest BCUT2D eigenvalue weighted by atomic mass is 79.9. The fourth-order valence-corrected chi connectivity index (χ4v) is 2.02. The number of hydrogen-bond donors (Lipinski definition) is 2. The van der Waals surface area contributed by atoms with E-state index < -0.39 is 10.7 Å². The summed E-state index contributed by atoms with van der Waals surface area (Å²) < 4.78 is 18.8. The summed E-state index contributed by atoms with van der Waals surface area (Å²) in [6.07, 6.45) is 0. The van der Waals surface area contributed by atoms with E-state index in [2.05, 4.69) is 21.4 Å². The second kappa shape index (κ2) is 5.85. The summed E-state index contributed by atoms with van der Waals surface area (Å²) in [5, 5.41) is 11.1. The Labute approximate surface area is 121 Å². The number of para-hydroxylation sites is 1. The maximum atomic E-state index is 13.0. The van der Waals surface area contributed by atoms with Crippen LogP contribution in [0.25, 0.3) is 0 Å². The molecule has 0 aliphatic carbocycles. The summed E-state index contributed by atoms with van der Waals surface area (Å²) in [5.74, 6) is 5.03. The second-order valence-corrected chi connectivity index (χ2v) is 4.58. The number of ether oxygens (including phenoxy) is 1. The zero-order valence-corrected chi connectivity index (χ0v) is 11.6. The Balaban J connectivity index is 2.45. The van der Waals surface area contributed by atoms with E-state index in [1.165, 1.54) is 30.3 Å². The van der Waals surface area contributed by atoms with Crippen LogP contribution in [0.5, 0.6) is 11.5 Å². The van der Waals surface area contributed by atoms with Gasteiger partial charge in [0.05, 0.1) is 9.40 Å². The molecule has 104 valence electrons. The lowest BCUT2D eigenvalue weighted by molar-refractivity contribution is -0.384. The van der Waals surface area contributed by atoms with Gasteiger partial charge in [0.1, 0.15) is 17.3 Å². The number of nitro benzene ring substituents is 1. The smallest absolute Gasteiger partial charge is 0.335 e. The molecule has 0 radical (unpaired) electrons. The molecule has 0 spiro atoms. The van der Waals surface area contributed by atoms with Crippen LogP contribution in [-0.4, -0.2) is 4.92 Å². The number of hydrazine groups is 1. The molecule has 0 atom stereocenters. The van der Waals surface area contributed by atoms with Crippen LogP contribution in [0.2, 0.25) is 0 Å². The topological polar surface area (TPSA) is 90.4 Å². The highest BCUT2D eigenvalue weighted by Crippen LogP contribution is 2.39. The van der Waals surface area contributed by atoms with Gasteiger partial charge in [0.2, 0.25) is 5.75 Å². The summed E-state index contributed by atoms with van der Waals surface area (Å²) in [6.45, 7) is 0. The molecule has 2 rings (SSSR count). The van der Waals surface area contributed by atoms with Gasteiger partial charge in [-0.15, -0.1) is 0 Å². The largest absolute Gasteiger partial charge is 0.449 e. The van der Waals surface area contributed by atoms with Crippen LogP contribution >= 0.6 is 15.9 Å². The molecule has 0 bridgehead atoms. The van der Waals surface area contributed by atoms with Gasteiger partial charge in [-0.05, 0) is 46.3 Å². The number of rotatable bonds is 4. The van der Waals surface area contributed by atoms with E-state index in [0.29, 0.717) is 4.47 Å². The molecule has 2 aromatic carbocycles. The van der Waals surface area contributed by atoms with Crippen LogP contribution in [0.4, 0.5) is 15.8 Å². The molecule has 0 amide bonds. The van der Waals surface area contributed by atoms with E-state index in [1.54, 1.807) is 6.07 Å². The monoisotopic (exact) mass is 341 g/mol. The van der Waals surface area contributed by atoms with E-state index in [0.717, 1.165) is 0 Å². The Bertz CT molecular complexity index is 666. The van der Waals surface area contributed by atoms with Crippen molar-refractivity contribution in [3.63, 3.8) is 0 Å². The number of hydrogen-bond acceptors (Lipinski definition) is 5. The molecule has 2 aromatic rings. The quantitative estimate of drug-likeness (QED) is 0.504. The lowest BCUT2D eigenvalue weighted by Crippen LogP contribution is -2.09. The van der Waals surface area contributed by atoms with Gasteiger partial charge in [0.25, 0.3) is 0 Å².